The minimum absolute atomic E-state index is 0.414. The molecule has 1 aromatic heterocycles. The Labute approximate surface area is 89.7 Å². The molecule has 1 aliphatic carbocycles. The standard InChI is InChI=1S/C11H16N4/c1-9-6-10(13-8-12-9)15-5-4-14-11(7-15)2-3-11/h6,8,14H,2-5,7H2,1H3. The van der Waals surface area contributed by atoms with E-state index < -0.39 is 0 Å². The Morgan fingerprint density at radius 2 is 2.27 bits per heavy atom. The van der Waals surface area contributed by atoms with Crippen molar-refractivity contribution >= 4 is 5.82 Å². The largest absolute Gasteiger partial charge is 0.353 e. The van der Waals surface area contributed by atoms with Crippen LogP contribution >= 0.6 is 0 Å². The van der Waals surface area contributed by atoms with Crippen LogP contribution in [0.1, 0.15) is 18.5 Å². The lowest BCUT2D eigenvalue weighted by atomic mass is 10.2. The number of piperazine rings is 1. The zero-order chi connectivity index (χ0) is 10.3. The van der Waals surface area contributed by atoms with Gasteiger partial charge in [-0.3, -0.25) is 0 Å². The van der Waals surface area contributed by atoms with E-state index in [1.54, 1.807) is 6.33 Å². The molecule has 0 bridgehead atoms. The molecule has 0 aromatic carbocycles. The molecular weight excluding hydrogens is 188 g/mol. The third-order valence-electron chi connectivity index (χ3n) is 3.34. The van der Waals surface area contributed by atoms with E-state index in [2.05, 4.69) is 26.3 Å². The van der Waals surface area contributed by atoms with E-state index in [-0.39, 0.29) is 0 Å². The Kier molecular flexibility index (Phi) is 1.92. The summed E-state index contributed by atoms with van der Waals surface area (Å²) < 4.78 is 0. The van der Waals surface area contributed by atoms with Gasteiger partial charge in [-0.1, -0.05) is 0 Å². The van der Waals surface area contributed by atoms with E-state index in [1.807, 2.05) is 6.92 Å². The van der Waals surface area contributed by atoms with Gasteiger partial charge < -0.3 is 10.2 Å². The van der Waals surface area contributed by atoms with Gasteiger partial charge in [-0.15, -0.1) is 0 Å². The number of hydrogen-bond donors (Lipinski definition) is 1. The van der Waals surface area contributed by atoms with Crippen molar-refractivity contribution in [1.82, 2.24) is 15.3 Å². The van der Waals surface area contributed by atoms with Crippen molar-refractivity contribution in [3.8, 4) is 0 Å². The molecule has 1 saturated heterocycles. The van der Waals surface area contributed by atoms with Crippen molar-refractivity contribution in [2.24, 2.45) is 0 Å². The topological polar surface area (TPSA) is 41.0 Å². The quantitative estimate of drug-likeness (QED) is 0.732. The Hall–Kier alpha value is -1.16. The molecule has 1 N–H and O–H groups in total. The van der Waals surface area contributed by atoms with Crippen LogP contribution in [-0.2, 0) is 0 Å². The number of anilines is 1. The first-order valence-corrected chi connectivity index (χ1v) is 5.56. The van der Waals surface area contributed by atoms with Crippen molar-refractivity contribution in [3.63, 3.8) is 0 Å². The first-order chi connectivity index (χ1) is 7.27. The zero-order valence-corrected chi connectivity index (χ0v) is 9.03. The molecule has 1 saturated carbocycles. The summed E-state index contributed by atoms with van der Waals surface area (Å²) in [5.74, 6) is 1.08. The number of rotatable bonds is 1. The smallest absolute Gasteiger partial charge is 0.132 e. The van der Waals surface area contributed by atoms with Crippen LogP contribution in [0.15, 0.2) is 12.4 Å². The lowest BCUT2D eigenvalue weighted by Crippen LogP contribution is -2.52. The van der Waals surface area contributed by atoms with E-state index >= 15 is 0 Å². The van der Waals surface area contributed by atoms with Gasteiger partial charge in [-0.25, -0.2) is 9.97 Å². The minimum atomic E-state index is 0.414. The zero-order valence-electron chi connectivity index (χ0n) is 9.03. The van der Waals surface area contributed by atoms with Gasteiger partial charge >= 0.3 is 0 Å². The minimum Gasteiger partial charge on any atom is -0.353 e. The molecule has 2 heterocycles. The van der Waals surface area contributed by atoms with Gasteiger partial charge in [0.15, 0.2) is 0 Å². The van der Waals surface area contributed by atoms with Crippen LogP contribution < -0.4 is 10.2 Å². The number of aryl methyl sites for hydroxylation is 1. The molecule has 0 amide bonds. The third-order valence-corrected chi connectivity index (χ3v) is 3.34. The average Bonchev–Trinajstić information content (AvgIpc) is 2.98. The molecule has 1 aromatic rings. The third kappa shape index (κ3) is 1.69. The Balaban J connectivity index is 1.81. The summed E-state index contributed by atoms with van der Waals surface area (Å²) in [6.07, 6.45) is 4.29. The van der Waals surface area contributed by atoms with Gasteiger partial charge in [0.2, 0.25) is 0 Å². The second-order valence-corrected chi connectivity index (χ2v) is 4.65. The molecule has 1 aliphatic heterocycles. The van der Waals surface area contributed by atoms with Gasteiger partial charge in [0.25, 0.3) is 0 Å². The molecule has 0 unspecified atom stereocenters. The molecular formula is C11H16N4. The van der Waals surface area contributed by atoms with Crippen LogP contribution in [0, 0.1) is 6.92 Å². The van der Waals surface area contributed by atoms with Crippen molar-refractivity contribution in [2.45, 2.75) is 25.3 Å². The molecule has 2 aliphatic rings. The fourth-order valence-electron chi connectivity index (χ4n) is 2.25. The Morgan fingerprint density at radius 3 is 3.00 bits per heavy atom. The highest BCUT2D eigenvalue weighted by Crippen LogP contribution is 2.38. The number of hydrogen-bond acceptors (Lipinski definition) is 4. The lowest BCUT2D eigenvalue weighted by molar-refractivity contribution is 0.440. The van der Waals surface area contributed by atoms with E-state index in [9.17, 15) is 0 Å². The summed E-state index contributed by atoms with van der Waals surface area (Å²) in [5.41, 5.74) is 1.46. The van der Waals surface area contributed by atoms with E-state index in [0.717, 1.165) is 31.1 Å². The highest BCUT2D eigenvalue weighted by molar-refractivity contribution is 5.41. The summed E-state index contributed by atoms with van der Waals surface area (Å²) in [7, 11) is 0. The molecule has 0 atom stereocenters. The predicted octanol–water partition coefficient (Wildman–Crippen LogP) is 0.727. The van der Waals surface area contributed by atoms with Gasteiger partial charge in [-0.2, -0.15) is 0 Å². The van der Waals surface area contributed by atoms with E-state index in [0.29, 0.717) is 5.54 Å². The summed E-state index contributed by atoms with van der Waals surface area (Å²) in [6, 6.07) is 2.07. The molecule has 4 heteroatoms. The predicted molar refractivity (Wildman–Crippen MR) is 58.9 cm³/mol. The second kappa shape index (κ2) is 3.17. The van der Waals surface area contributed by atoms with E-state index in [1.165, 1.54) is 12.8 Å². The first kappa shape index (κ1) is 9.09. The monoisotopic (exact) mass is 204 g/mol. The van der Waals surface area contributed by atoms with Gasteiger partial charge in [0.1, 0.15) is 12.1 Å². The summed E-state index contributed by atoms with van der Waals surface area (Å²) >= 11 is 0. The maximum atomic E-state index is 4.34. The normalized spacial score (nSPS) is 23.1. The van der Waals surface area contributed by atoms with Crippen molar-refractivity contribution in [1.29, 1.82) is 0 Å². The SMILES string of the molecule is Cc1cc(N2CCNC3(CC3)C2)ncn1. The summed E-state index contributed by atoms with van der Waals surface area (Å²) in [4.78, 5) is 10.9. The molecule has 15 heavy (non-hydrogen) atoms. The van der Waals surface area contributed by atoms with Crippen LogP contribution in [-0.4, -0.2) is 35.1 Å². The lowest BCUT2D eigenvalue weighted by Gasteiger charge is -2.34. The van der Waals surface area contributed by atoms with Crippen molar-refractivity contribution in [2.75, 3.05) is 24.5 Å². The Morgan fingerprint density at radius 1 is 1.40 bits per heavy atom. The van der Waals surface area contributed by atoms with Crippen LogP contribution in [0.3, 0.4) is 0 Å². The molecule has 1 spiro atoms. The average molecular weight is 204 g/mol. The fraction of sp³-hybridized carbons (Fsp3) is 0.636. The Bertz CT molecular complexity index is 373. The molecule has 2 fully saturated rings. The van der Waals surface area contributed by atoms with Crippen LogP contribution in [0.4, 0.5) is 5.82 Å². The number of nitrogens with one attached hydrogen (secondary N) is 1. The van der Waals surface area contributed by atoms with Crippen LogP contribution in [0.2, 0.25) is 0 Å². The van der Waals surface area contributed by atoms with Crippen LogP contribution in [0.25, 0.3) is 0 Å². The van der Waals surface area contributed by atoms with Gasteiger partial charge in [0, 0.05) is 36.9 Å². The number of nitrogens with zero attached hydrogens (tertiary/aromatic N) is 3. The van der Waals surface area contributed by atoms with Crippen molar-refractivity contribution in [3.05, 3.63) is 18.1 Å². The highest BCUT2D eigenvalue weighted by atomic mass is 15.3. The van der Waals surface area contributed by atoms with Gasteiger partial charge in [0.05, 0.1) is 0 Å². The fourth-order valence-corrected chi connectivity index (χ4v) is 2.25. The maximum absolute atomic E-state index is 4.34. The molecule has 3 rings (SSSR count). The van der Waals surface area contributed by atoms with Crippen molar-refractivity contribution < 1.29 is 0 Å². The highest BCUT2D eigenvalue weighted by Gasteiger charge is 2.45. The van der Waals surface area contributed by atoms with Gasteiger partial charge in [-0.05, 0) is 19.8 Å². The summed E-state index contributed by atoms with van der Waals surface area (Å²) in [6.45, 7) is 5.24. The first-order valence-electron chi connectivity index (χ1n) is 5.56. The summed E-state index contributed by atoms with van der Waals surface area (Å²) in [5, 5.41) is 3.60. The maximum Gasteiger partial charge on any atom is 0.132 e. The second-order valence-electron chi connectivity index (χ2n) is 4.65. The van der Waals surface area contributed by atoms with Crippen LogP contribution in [0.5, 0.6) is 0 Å². The molecule has 4 nitrogen and oxygen atoms in total. The van der Waals surface area contributed by atoms with E-state index in [4.69, 9.17) is 0 Å². The number of aromatic nitrogens is 2. The molecule has 80 valence electrons. The molecule has 0 radical (unpaired) electrons.